The van der Waals surface area contributed by atoms with Gasteiger partial charge in [-0.25, -0.2) is 0 Å². The highest BCUT2D eigenvalue weighted by atomic mass is 16.3. The first-order valence-electron chi connectivity index (χ1n) is 4.24. The monoisotopic (exact) mass is 204 g/mol. The molecule has 0 saturated heterocycles. The number of amides is 2. The smallest absolute Gasteiger partial charge is 0.239 e. The molecule has 0 aromatic rings. The third-order valence-corrected chi connectivity index (χ3v) is 1.66. The normalized spacial score (nSPS) is 12.0. The lowest BCUT2D eigenvalue weighted by atomic mass is 10.3. The number of carbonyl (C=O) groups excluding carboxylic acids is 2. The molecule has 0 spiro atoms. The first-order chi connectivity index (χ1) is 6.47. The van der Waals surface area contributed by atoms with Crippen LogP contribution in [-0.2, 0) is 9.59 Å². The zero-order valence-corrected chi connectivity index (χ0v) is 8.36. The third kappa shape index (κ3) is 5.50. The fourth-order valence-electron chi connectivity index (χ4n) is 0.679. The van der Waals surface area contributed by atoms with Crippen molar-refractivity contribution in [1.29, 1.82) is 0 Å². The maximum absolute atomic E-state index is 11.1. The number of aliphatic hydroxyl groups is 2. The van der Waals surface area contributed by atoms with Crippen LogP contribution in [-0.4, -0.2) is 59.8 Å². The number of nitrogens with one attached hydrogen (secondary N) is 1. The van der Waals surface area contributed by atoms with Crippen LogP contribution in [0.3, 0.4) is 0 Å². The Bertz CT molecular complexity index is 208. The van der Waals surface area contributed by atoms with Gasteiger partial charge in [0.15, 0.2) is 0 Å². The number of carbonyl (C=O) groups is 2. The Kier molecular flexibility index (Phi) is 5.82. The molecule has 0 aliphatic carbocycles. The Hall–Kier alpha value is -1.14. The van der Waals surface area contributed by atoms with Gasteiger partial charge in [0.05, 0.1) is 19.3 Å². The van der Waals surface area contributed by atoms with Crippen molar-refractivity contribution in [3.8, 4) is 0 Å². The molecule has 0 aromatic heterocycles. The average Bonchev–Trinajstić information content (AvgIpc) is 2.13. The second kappa shape index (κ2) is 6.33. The zero-order chi connectivity index (χ0) is 11.1. The number of likely N-dealkylation sites (N-methyl/N-ethyl adjacent to an activating group) is 1. The van der Waals surface area contributed by atoms with Crippen molar-refractivity contribution in [2.75, 3.05) is 26.7 Å². The molecule has 0 bridgehead atoms. The summed E-state index contributed by atoms with van der Waals surface area (Å²) < 4.78 is 0. The lowest BCUT2D eigenvalue weighted by Crippen LogP contribution is -2.41. The first-order valence-corrected chi connectivity index (χ1v) is 4.24. The van der Waals surface area contributed by atoms with E-state index in [2.05, 4.69) is 5.32 Å². The van der Waals surface area contributed by atoms with Gasteiger partial charge in [-0.2, -0.15) is 0 Å². The van der Waals surface area contributed by atoms with Crippen LogP contribution in [0.4, 0.5) is 0 Å². The van der Waals surface area contributed by atoms with Gasteiger partial charge in [0, 0.05) is 20.5 Å². The van der Waals surface area contributed by atoms with E-state index in [1.165, 1.54) is 18.9 Å². The molecular formula is C8H16N2O4. The van der Waals surface area contributed by atoms with Crippen LogP contribution < -0.4 is 5.32 Å². The lowest BCUT2D eigenvalue weighted by molar-refractivity contribution is -0.133. The van der Waals surface area contributed by atoms with E-state index in [0.717, 1.165) is 0 Å². The quantitative estimate of drug-likeness (QED) is 0.480. The van der Waals surface area contributed by atoms with Gasteiger partial charge in [-0.3, -0.25) is 9.59 Å². The molecule has 0 saturated carbocycles. The molecule has 0 fully saturated rings. The molecule has 1 atom stereocenters. The molecule has 0 aliphatic rings. The van der Waals surface area contributed by atoms with Crippen LogP contribution in [0.1, 0.15) is 6.92 Å². The molecule has 6 nitrogen and oxygen atoms in total. The summed E-state index contributed by atoms with van der Waals surface area (Å²) >= 11 is 0. The Morgan fingerprint density at radius 1 is 1.50 bits per heavy atom. The molecule has 0 rings (SSSR count). The topological polar surface area (TPSA) is 89.9 Å². The number of hydrogen-bond acceptors (Lipinski definition) is 4. The Labute approximate surface area is 82.5 Å². The standard InChI is InChI=1S/C8H16N2O4/c1-6(12)10(2)4-8(14)9-3-7(13)5-11/h7,11,13H,3-5H2,1-2H3,(H,9,14). The SMILES string of the molecule is CC(=O)N(C)CC(=O)NCC(O)CO. The Balaban J connectivity index is 3.71. The van der Waals surface area contributed by atoms with Crippen molar-refractivity contribution in [3.63, 3.8) is 0 Å². The third-order valence-electron chi connectivity index (χ3n) is 1.66. The molecule has 0 aromatic carbocycles. The number of rotatable bonds is 5. The minimum Gasteiger partial charge on any atom is -0.394 e. The zero-order valence-electron chi connectivity index (χ0n) is 8.36. The van der Waals surface area contributed by atoms with Gasteiger partial charge in [-0.15, -0.1) is 0 Å². The van der Waals surface area contributed by atoms with E-state index >= 15 is 0 Å². The van der Waals surface area contributed by atoms with Crippen LogP contribution in [0, 0.1) is 0 Å². The van der Waals surface area contributed by atoms with Gasteiger partial charge >= 0.3 is 0 Å². The van der Waals surface area contributed by atoms with Gasteiger partial charge in [0.25, 0.3) is 0 Å². The van der Waals surface area contributed by atoms with Gasteiger partial charge in [-0.05, 0) is 0 Å². The number of aliphatic hydroxyl groups excluding tert-OH is 2. The summed E-state index contributed by atoms with van der Waals surface area (Å²) in [5.41, 5.74) is 0. The molecule has 14 heavy (non-hydrogen) atoms. The van der Waals surface area contributed by atoms with Gasteiger partial charge in [-0.1, -0.05) is 0 Å². The lowest BCUT2D eigenvalue weighted by Gasteiger charge is -2.15. The summed E-state index contributed by atoms with van der Waals surface area (Å²) in [6.07, 6.45) is -0.957. The van der Waals surface area contributed by atoms with Gasteiger partial charge < -0.3 is 20.4 Å². The van der Waals surface area contributed by atoms with Crippen LogP contribution in [0.2, 0.25) is 0 Å². The van der Waals surface area contributed by atoms with E-state index < -0.39 is 12.7 Å². The van der Waals surface area contributed by atoms with Crippen molar-refractivity contribution in [3.05, 3.63) is 0 Å². The van der Waals surface area contributed by atoms with Crippen LogP contribution in [0.5, 0.6) is 0 Å². The highest BCUT2D eigenvalue weighted by Crippen LogP contribution is 1.83. The summed E-state index contributed by atoms with van der Waals surface area (Å²) in [6.45, 7) is 0.896. The Morgan fingerprint density at radius 3 is 2.50 bits per heavy atom. The van der Waals surface area contributed by atoms with Gasteiger partial charge in [0.2, 0.25) is 11.8 Å². The number of nitrogens with zero attached hydrogens (tertiary/aromatic N) is 1. The van der Waals surface area contributed by atoms with Crippen molar-refractivity contribution < 1.29 is 19.8 Å². The summed E-state index contributed by atoms with van der Waals surface area (Å²) in [6, 6.07) is 0. The molecule has 2 amide bonds. The Morgan fingerprint density at radius 2 is 2.07 bits per heavy atom. The van der Waals surface area contributed by atoms with Crippen molar-refractivity contribution >= 4 is 11.8 Å². The van der Waals surface area contributed by atoms with Gasteiger partial charge in [0.1, 0.15) is 0 Å². The van der Waals surface area contributed by atoms with E-state index in [1.54, 1.807) is 0 Å². The predicted octanol–water partition coefficient (Wildman–Crippen LogP) is -2.07. The summed E-state index contributed by atoms with van der Waals surface area (Å²) in [5.74, 6) is -0.571. The minimum absolute atomic E-state index is 0.0128. The highest BCUT2D eigenvalue weighted by molar-refractivity contribution is 5.83. The molecule has 0 heterocycles. The van der Waals surface area contributed by atoms with Crippen LogP contribution >= 0.6 is 0 Å². The largest absolute Gasteiger partial charge is 0.394 e. The van der Waals surface area contributed by atoms with E-state index in [4.69, 9.17) is 10.2 Å². The summed E-state index contributed by atoms with van der Waals surface area (Å²) in [7, 11) is 1.50. The summed E-state index contributed by atoms with van der Waals surface area (Å²) in [5, 5.41) is 19.7. The molecular weight excluding hydrogens is 188 g/mol. The van der Waals surface area contributed by atoms with E-state index in [1.807, 2.05) is 0 Å². The first kappa shape index (κ1) is 12.9. The second-order valence-electron chi connectivity index (χ2n) is 3.02. The van der Waals surface area contributed by atoms with Crippen molar-refractivity contribution in [2.24, 2.45) is 0 Å². The maximum Gasteiger partial charge on any atom is 0.239 e. The van der Waals surface area contributed by atoms with E-state index in [9.17, 15) is 9.59 Å². The maximum atomic E-state index is 11.1. The fourth-order valence-corrected chi connectivity index (χ4v) is 0.679. The average molecular weight is 204 g/mol. The molecule has 0 radical (unpaired) electrons. The molecule has 3 N–H and O–H groups in total. The fraction of sp³-hybridized carbons (Fsp3) is 0.750. The summed E-state index contributed by atoms with van der Waals surface area (Å²) in [4.78, 5) is 23.1. The van der Waals surface area contributed by atoms with Crippen molar-refractivity contribution in [1.82, 2.24) is 10.2 Å². The number of hydrogen-bond donors (Lipinski definition) is 3. The second-order valence-corrected chi connectivity index (χ2v) is 3.02. The molecule has 82 valence electrons. The van der Waals surface area contributed by atoms with E-state index in [-0.39, 0.29) is 24.9 Å². The highest BCUT2D eigenvalue weighted by Gasteiger charge is 2.09. The molecule has 1 unspecified atom stereocenters. The minimum atomic E-state index is -0.957. The van der Waals surface area contributed by atoms with E-state index in [0.29, 0.717) is 0 Å². The van der Waals surface area contributed by atoms with Crippen LogP contribution in [0.25, 0.3) is 0 Å². The molecule has 0 aliphatic heterocycles. The van der Waals surface area contributed by atoms with Crippen LogP contribution in [0.15, 0.2) is 0 Å². The van der Waals surface area contributed by atoms with Crippen molar-refractivity contribution in [2.45, 2.75) is 13.0 Å². The predicted molar refractivity (Wildman–Crippen MR) is 49.4 cm³/mol. The molecule has 6 heteroatoms.